The summed E-state index contributed by atoms with van der Waals surface area (Å²) in [5.41, 5.74) is 1.67. The number of allylic oxidation sites excluding steroid dienone is 4. The van der Waals surface area contributed by atoms with Gasteiger partial charge in [0.2, 0.25) is 0 Å². The van der Waals surface area contributed by atoms with Gasteiger partial charge in [0.1, 0.15) is 0 Å². The van der Waals surface area contributed by atoms with Gasteiger partial charge in [0.15, 0.2) is 5.78 Å². The van der Waals surface area contributed by atoms with Gasteiger partial charge in [0.05, 0.1) is 0 Å². The fourth-order valence-corrected chi connectivity index (χ4v) is 2.83. The molecule has 0 amide bonds. The smallest absolute Gasteiger partial charge is 0.169 e. The molecule has 1 aromatic rings. The molecule has 0 saturated heterocycles. The number of carbonyl (C=O) groups excluding carboxylic acids is 1. The summed E-state index contributed by atoms with van der Waals surface area (Å²) in [6.07, 6.45) is 8.21. The maximum atomic E-state index is 12.9. The van der Waals surface area contributed by atoms with Gasteiger partial charge in [-0.1, -0.05) is 62.4 Å². The quantitative estimate of drug-likeness (QED) is 0.717. The van der Waals surface area contributed by atoms with E-state index in [1.807, 2.05) is 43.3 Å². The summed E-state index contributed by atoms with van der Waals surface area (Å²) in [4.78, 5) is 12.9. The zero-order chi connectivity index (χ0) is 13.9. The Labute approximate surface area is 116 Å². The Balaban J connectivity index is 2.35. The third-order valence-corrected chi connectivity index (χ3v) is 4.35. The van der Waals surface area contributed by atoms with Crippen molar-refractivity contribution < 1.29 is 4.79 Å². The summed E-state index contributed by atoms with van der Waals surface area (Å²) in [6, 6.07) is 10.0. The predicted molar refractivity (Wildman–Crippen MR) is 80.7 cm³/mol. The van der Waals surface area contributed by atoms with E-state index in [2.05, 4.69) is 26.0 Å². The van der Waals surface area contributed by atoms with Crippen LogP contribution in [0.2, 0.25) is 0 Å². The van der Waals surface area contributed by atoms with Gasteiger partial charge >= 0.3 is 0 Å². The molecule has 0 bridgehead atoms. The third kappa shape index (κ3) is 2.56. The molecule has 0 unspecified atom stereocenters. The fourth-order valence-electron chi connectivity index (χ4n) is 2.83. The van der Waals surface area contributed by atoms with Crippen molar-refractivity contribution in [2.75, 3.05) is 0 Å². The van der Waals surface area contributed by atoms with Crippen LogP contribution in [0.5, 0.6) is 0 Å². The van der Waals surface area contributed by atoms with Crippen molar-refractivity contribution in [1.29, 1.82) is 0 Å². The molecule has 2 atom stereocenters. The van der Waals surface area contributed by atoms with Crippen molar-refractivity contribution in [3.8, 4) is 0 Å². The van der Waals surface area contributed by atoms with Crippen molar-refractivity contribution in [1.82, 2.24) is 0 Å². The molecule has 1 aliphatic rings. The summed E-state index contributed by atoms with van der Waals surface area (Å²) in [7, 11) is 0. The van der Waals surface area contributed by atoms with Gasteiger partial charge in [-0.2, -0.15) is 0 Å². The Morgan fingerprint density at radius 1 is 1.26 bits per heavy atom. The largest absolute Gasteiger partial charge is 0.294 e. The Bertz CT molecular complexity index is 510. The maximum absolute atomic E-state index is 12.9. The Morgan fingerprint density at radius 3 is 2.58 bits per heavy atom. The van der Waals surface area contributed by atoms with E-state index in [4.69, 9.17) is 0 Å². The summed E-state index contributed by atoms with van der Waals surface area (Å²) in [5.74, 6) is 0.563. The van der Waals surface area contributed by atoms with Gasteiger partial charge in [0.25, 0.3) is 0 Å². The lowest BCUT2D eigenvalue weighted by Crippen LogP contribution is -2.36. The number of ketones is 1. The first-order valence-electron chi connectivity index (χ1n) is 7.03. The monoisotopic (exact) mass is 254 g/mol. The summed E-state index contributed by atoms with van der Waals surface area (Å²) in [5, 5.41) is 0. The molecule has 0 saturated carbocycles. The van der Waals surface area contributed by atoms with E-state index < -0.39 is 0 Å². The molecule has 0 heterocycles. The molecule has 1 nitrogen and oxygen atoms in total. The van der Waals surface area contributed by atoms with Gasteiger partial charge in [-0.05, 0) is 31.2 Å². The number of rotatable bonds is 3. The van der Waals surface area contributed by atoms with E-state index in [0.29, 0.717) is 0 Å². The van der Waals surface area contributed by atoms with Gasteiger partial charge in [-0.15, -0.1) is 0 Å². The molecule has 0 spiro atoms. The minimum atomic E-state index is -0.271. The lowest BCUT2D eigenvalue weighted by Gasteiger charge is -2.36. The maximum Gasteiger partial charge on any atom is 0.169 e. The number of benzene rings is 1. The summed E-state index contributed by atoms with van der Waals surface area (Å²) >= 11 is 0. The van der Waals surface area contributed by atoms with E-state index in [1.165, 1.54) is 0 Å². The van der Waals surface area contributed by atoms with Crippen LogP contribution in [0.15, 0.2) is 48.6 Å². The van der Waals surface area contributed by atoms with Gasteiger partial charge in [-0.25, -0.2) is 0 Å². The molecule has 0 aliphatic heterocycles. The standard InChI is InChI=1S/C18H22O/c1-4-9-14(2)18(3)13-8-12-16(17(18)19)15-10-6-5-7-11-15/h4-7,9-12,14H,8,13H2,1-3H3/b9-4+/t14-,18+/m0/s1. The molecule has 1 aromatic carbocycles. The molecule has 0 fully saturated rings. The zero-order valence-corrected chi connectivity index (χ0v) is 12.0. The van der Waals surface area contributed by atoms with E-state index in [-0.39, 0.29) is 17.1 Å². The number of hydrogen-bond donors (Lipinski definition) is 0. The molecule has 19 heavy (non-hydrogen) atoms. The van der Waals surface area contributed by atoms with Crippen LogP contribution in [-0.2, 0) is 4.79 Å². The second-order valence-corrected chi connectivity index (χ2v) is 5.58. The van der Waals surface area contributed by atoms with Gasteiger partial charge in [-0.3, -0.25) is 4.79 Å². The zero-order valence-electron chi connectivity index (χ0n) is 12.0. The minimum Gasteiger partial charge on any atom is -0.294 e. The van der Waals surface area contributed by atoms with Crippen LogP contribution in [0.4, 0.5) is 0 Å². The van der Waals surface area contributed by atoms with Crippen molar-refractivity contribution in [3.05, 3.63) is 54.1 Å². The lowest BCUT2D eigenvalue weighted by molar-refractivity contribution is -0.124. The molecular weight excluding hydrogens is 232 g/mol. The van der Waals surface area contributed by atoms with E-state index in [0.717, 1.165) is 24.0 Å². The fraction of sp³-hybridized carbons (Fsp3) is 0.389. The van der Waals surface area contributed by atoms with Crippen LogP contribution in [-0.4, -0.2) is 5.78 Å². The molecule has 0 aromatic heterocycles. The topological polar surface area (TPSA) is 17.1 Å². The van der Waals surface area contributed by atoms with Crippen LogP contribution in [0, 0.1) is 11.3 Å². The molecule has 0 N–H and O–H groups in total. The Kier molecular flexibility index (Phi) is 4.04. The van der Waals surface area contributed by atoms with E-state index in [9.17, 15) is 4.79 Å². The van der Waals surface area contributed by atoms with E-state index in [1.54, 1.807) is 0 Å². The molecule has 1 aliphatic carbocycles. The molecule has 2 rings (SSSR count). The highest BCUT2D eigenvalue weighted by Gasteiger charge is 2.40. The van der Waals surface area contributed by atoms with Crippen molar-refractivity contribution in [3.63, 3.8) is 0 Å². The first kappa shape index (κ1) is 13.8. The first-order chi connectivity index (χ1) is 9.09. The average Bonchev–Trinajstić information content (AvgIpc) is 2.43. The highest BCUT2D eigenvalue weighted by Crippen LogP contribution is 2.42. The van der Waals surface area contributed by atoms with Crippen LogP contribution in [0.3, 0.4) is 0 Å². The van der Waals surface area contributed by atoms with Crippen LogP contribution in [0.25, 0.3) is 5.57 Å². The van der Waals surface area contributed by atoms with Gasteiger partial charge < -0.3 is 0 Å². The lowest BCUT2D eigenvalue weighted by atomic mass is 9.66. The highest BCUT2D eigenvalue weighted by molar-refractivity contribution is 6.23. The van der Waals surface area contributed by atoms with Crippen molar-refractivity contribution in [2.24, 2.45) is 11.3 Å². The van der Waals surface area contributed by atoms with E-state index >= 15 is 0 Å². The summed E-state index contributed by atoms with van der Waals surface area (Å²) in [6.45, 7) is 6.27. The second-order valence-electron chi connectivity index (χ2n) is 5.58. The highest BCUT2D eigenvalue weighted by atomic mass is 16.1. The number of carbonyl (C=O) groups is 1. The van der Waals surface area contributed by atoms with Crippen LogP contribution in [0.1, 0.15) is 39.2 Å². The van der Waals surface area contributed by atoms with Crippen molar-refractivity contribution >= 4 is 11.4 Å². The number of hydrogen-bond acceptors (Lipinski definition) is 1. The Morgan fingerprint density at radius 2 is 1.95 bits per heavy atom. The predicted octanol–water partition coefficient (Wildman–Crippen LogP) is 4.65. The second kappa shape index (κ2) is 5.56. The molecule has 100 valence electrons. The van der Waals surface area contributed by atoms with Crippen molar-refractivity contribution in [2.45, 2.75) is 33.6 Å². The number of Topliss-reactive ketones (excluding diaryl/α,β-unsaturated/α-hetero) is 1. The first-order valence-corrected chi connectivity index (χ1v) is 7.03. The molecule has 0 radical (unpaired) electrons. The summed E-state index contributed by atoms with van der Waals surface area (Å²) < 4.78 is 0. The normalized spacial score (nSPS) is 25.4. The van der Waals surface area contributed by atoms with Crippen LogP contribution < -0.4 is 0 Å². The van der Waals surface area contributed by atoms with Gasteiger partial charge in [0, 0.05) is 11.0 Å². The minimum absolute atomic E-state index is 0.271. The van der Waals surface area contributed by atoms with Crippen LogP contribution >= 0.6 is 0 Å². The Hall–Kier alpha value is -1.63. The SMILES string of the molecule is C/C=C/[C@H](C)[C@@]1(C)CCC=C(c2ccccc2)C1=O. The third-order valence-electron chi connectivity index (χ3n) is 4.35. The average molecular weight is 254 g/mol. The molecule has 1 heteroatoms. The molecular formula is C18H22O.